The van der Waals surface area contributed by atoms with Crippen LogP contribution in [0, 0.1) is 58.2 Å². The lowest BCUT2D eigenvalue weighted by molar-refractivity contribution is -0.293. The van der Waals surface area contributed by atoms with E-state index in [-0.39, 0.29) is 0 Å². The predicted molar refractivity (Wildman–Crippen MR) is 71.5 cm³/mol. The molecule has 0 aliphatic rings. The van der Waals surface area contributed by atoms with E-state index in [4.69, 9.17) is 0 Å². The normalized spacial score (nSPS) is 12.0. The molecular weight excluding hydrogens is 479 g/mol. The Labute approximate surface area is 161 Å². The molecule has 0 spiro atoms. The van der Waals surface area contributed by atoms with Gasteiger partial charge in [0.15, 0.2) is 46.5 Å². The molecule has 2 aromatic carbocycles. The van der Waals surface area contributed by atoms with Gasteiger partial charge in [-0.15, -0.1) is 0 Å². The molecule has 31 heavy (non-hydrogen) atoms. The van der Waals surface area contributed by atoms with Crippen molar-refractivity contribution in [2.75, 3.05) is 7.05 Å². The first kappa shape index (κ1) is 26.4. The lowest BCUT2D eigenvalue weighted by Gasteiger charge is -2.17. The maximum absolute atomic E-state index is 13.4. The average molecular weight is 483 g/mol. The van der Waals surface area contributed by atoms with Crippen LogP contribution in [0.15, 0.2) is 0 Å². The molecule has 0 radical (unpaired) electrons. The highest BCUT2D eigenvalue weighted by Gasteiger charge is 2.56. The maximum Gasteiger partial charge on any atom is 0.469 e. The molecule has 2 rings (SSSR count). The maximum atomic E-state index is 13.4. The summed E-state index contributed by atoms with van der Waals surface area (Å²) in [5, 5.41) is 0.823. The summed E-state index contributed by atoms with van der Waals surface area (Å²) < 4.78 is 187. The second kappa shape index (κ2) is 8.84. The van der Waals surface area contributed by atoms with Crippen molar-refractivity contribution in [1.29, 1.82) is 0 Å². The summed E-state index contributed by atoms with van der Waals surface area (Å²) in [5.74, 6) is -26.6. The molecule has 0 saturated heterocycles. The van der Waals surface area contributed by atoms with Gasteiger partial charge in [0.05, 0.1) is 11.1 Å². The van der Waals surface area contributed by atoms with Crippen molar-refractivity contribution in [2.45, 2.75) is 12.2 Å². The molecule has 0 aromatic heterocycles. The van der Waals surface area contributed by atoms with Crippen molar-refractivity contribution in [3.63, 3.8) is 0 Å². The lowest BCUT2D eigenvalue weighted by Crippen LogP contribution is -2.47. The molecule has 1 nitrogen and oxygen atoms in total. The molecule has 0 aliphatic carbocycles. The molecule has 0 atom stereocenters. The molecule has 1 N–H and O–H groups in total. The molecule has 0 heterocycles. The molecule has 0 aliphatic heterocycles. The zero-order chi connectivity index (χ0) is 24.6. The molecule has 174 valence electrons. The fourth-order valence-electron chi connectivity index (χ4n) is 1.79. The Balaban J connectivity index is 0.000000452. The van der Waals surface area contributed by atoms with Gasteiger partial charge in [-0.25, -0.2) is 43.9 Å². The predicted octanol–water partition coefficient (Wildman–Crippen LogP) is 6.11. The number of hydrogen-bond donors (Lipinski definition) is 1. The van der Waals surface area contributed by atoms with E-state index in [1.54, 1.807) is 0 Å². The molecule has 2 aromatic rings. The van der Waals surface area contributed by atoms with Crippen LogP contribution in [0.1, 0.15) is 0 Å². The van der Waals surface area contributed by atoms with Gasteiger partial charge in [0.25, 0.3) is 0 Å². The standard InChI is InChI=1S/C12F10.C3H4F5N/c13-3-1(4(14)8(18)11(21)7(3)17)2-5(15)9(19)12(22)10(20)6(2)16;1-9-3(7,8)2(4,5)6/h;9H,1H3. The minimum absolute atomic E-state index is 0.535. The third kappa shape index (κ3) is 4.67. The smallest absolute Gasteiger partial charge is 0.253 e. The van der Waals surface area contributed by atoms with Gasteiger partial charge in [-0.1, -0.05) is 0 Å². The second-order valence-electron chi connectivity index (χ2n) is 5.21. The number of halogens is 15. The monoisotopic (exact) mass is 483 g/mol. The van der Waals surface area contributed by atoms with Crippen LogP contribution in [-0.4, -0.2) is 19.3 Å². The van der Waals surface area contributed by atoms with E-state index in [1.807, 2.05) is 0 Å². The van der Waals surface area contributed by atoms with Gasteiger partial charge in [0.1, 0.15) is 0 Å². The zero-order valence-corrected chi connectivity index (χ0v) is 14.2. The van der Waals surface area contributed by atoms with Crippen molar-refractivity contribution in [1.82, 2.24) is 5.32 Å². The fourth-order valence-corrected chi connectivity index (χ4v) is 1.79. The van der Waals surface area contributed by atoms with Gasteiger partial charge in [0.2, 0.25) is 11.6 Å². The third-order valence-corrected chi connectivity index (χ3v) is 3.34. The lowest BCUT2D eigenvalue weighted by atomic mass is 10.0. The van der Waals surface area contributed by atoms with Crippen LogP contribution >= 0.6 is 0 Å². The second-order valence-corrected chi connectivity index (χ2v) is 5.21. The summed E-state index contributed by atoms with van der Waals surface area (Å²) in [4.78, 5) is 0. The van der Waals surface area contributed by atoms with Gasteiger partial charge < -0.3 is 0 Å². The Kier molecular flexibility index (Phi) is 7.52. The van der Waals surface area contributed by atoms with Gasteiger partial charge >= 0.3 is 12.2 Å². The molecule has 0 saturated carbocycles. The van der Waals surface area contributed by atoms with Crippen LogP contribution in [0.25, 0.3) is 11.1 Å². The minimum atomic E-state index is -5.50. The van der Waals surface area contributed by atoms with Crippen molar-refractivity contribution in [2.24, 2.45) is 0 Å². The van der Waals surface area contributed by atoms with E-state index in [9.17, 15) is 65.9 Å². The largest absolute Gasteiger partial charge is 0.469 e. The summed E-state index contributed by atoms with van der Waals surface area (Å²) in [6, 6.07) is -4.77. The van der Waals surface area contributed by atoms with Gasteiger partial charge in [-0.3, -0.25) is 5.32 Å². The van der Waals surface area contributed by atoms with Crippen molar-refractivity contribution >= 4 is 0 Å². The number of benzene rings is 2. The number of nitrogens with one attached hydrogen (secondary N) is 1. The third-order valence-electron chi connectivity index (χ3n) is 3.34. The molecule has 0 amide bonds. The van der Waals surface area contributed by atoms with Crippen LogP contribution in [-0.2, 0) is 0 Å². The molecule has 0 unspecified atom stereocenters. The summed E-state index contributed by atoms with van der Waals surface area (Å²) >= 11 is 0. The molecule has 0 bridgehead atoms. The fraction of sp³-hybridized carbons (Fsp3) is 0.200. The van der Waals surface area contributed by atoms with Crippen molar-refractivity contribution in [3.05, 3.63) is 58.2 Å². The Hall–Kier alpha value is -2.65. The highest BCUT2D eigenvalue weighted by molar-refractivity contribution is 5.67. The quantitative estimate of drug-likeness (QED) is 0.236. The average Bonchev–Trinajstić information content (AvgIpc) is 2.69. The molecular formula is C15H4F15N. The first-order valence-electron chi connectivity index (χ1n) is 7.08. The topological polar surface area (TPSA) is 12.0 Å². The highest BCUT2D eigenvalue weighted by Crippen LogP contribution is 2.37. The Morgan fingerprint density at radius 1 is 0.419 bits per heavy atom. The molecule has 16 heteroatoms. The Bertz CT molecular complexity index is 870. The molecule has 0 fully saturated rings. The van der Waals surface area contributed by atoms with Crippen LogP contribution in [0.3, 0.4) is 0 Å². The first-order chi connectivity index (χ1) is 13.9. The number of hydrogen-bond acceptors (Lipinski definition) is 1. The van der Waals surface area contributed by atoms with Gasteiger partial charge in [-0.05, 0) is 7.05 Å². The van der Waals surface area contributed by atoms with Crippen molar-refractivity contribution < 1.29 is 65.9 Å². The number of rotatable bonds is 2. The summed E-state index contributed by atoms with van der Waals surface area (Å²) in [5.41, 5.74) is -4.52. The highest BCUT2D eigenvalue weighted by atomic mass is 19.4. The van der Waals surface area contributed by atoms with Crippen molar-refractivity contribution in [3.8, 4) is 11.1 Å². The SMILES string of the molecule is CNC(F)(F)C(F)(F)F.Fc1c(F)c(F)c(-c2c(F)c(F)c(F)c(F)c2F)c(F)c1F. The summed E-state index contributed by atoms with van der Waals surface area (Å²) in [7, 11) is 0.535. The van der Waals surface area contributed by atoms with Crippen LogP contribution in [0.2, 0.25) is 0 Å². The first-order valence-corrected chi connectivity index (χ1v) is 7.08. The van der Waals surface area contributed by atoms with E-state index in [0.717, 1.165) is 5.32 Å². The number of alkyl halides is 5. The van der Waals surface area contributed by atoms with E-state index in [0.29, 0.717) is 7.05 Å². The van der Waals surface area contributed by atoms with E-state index < -0.39 is 81.5 Å². The van der Waals surface area contributed by atoms with Crippen LogP contribution in [0.5, 0.6) is 0 Å². The zero-order valence-electron chi connectivity index (χ0n) is 14.2. The Morgan fingerprint density at radius 3 is 0.742 bits per heavy atom. The van der Waals surface area contributed by atoms with Crippen LogP contribution < -0.4 is 5.32 Å². The summed E-state index contributed by atoms with van der Waals surface area (Å²) in [6.07, 6.45) is -5.50. The van der Waals surface area contributed by atoms with E-state index >= 15 is 0 Å². The summed E-state index contributed by atoms with van der Waals surface area (Å²) in [6.45, 7) is 0. The minimum Gasteiger partial charge on any atom is -0.253 e. The Morgan fingerprint density at radius 2 is 0.613 bits per heavy atom. The van der Waals surface area contributed by atoms with Gasteiger partial charge in [-0.2, -0.15) is 22.0 Å². The van der Waals surface area contributed by atoms with E-state index in [1.165, 1.54) is 0 Å². The van der Waals surface area contributed by atoms with Crippen LogP contribution in [0.4, 0.5) is 65.9 Å². The van der Waals surface area contributed by atoms with Gasteiger partial charge in [0, 0.05) is 0 Å². The van der Waals surface area contributed by atoms with E-state index in [2.05, 4.69) is 0 Å².